The number of carbonyl (C=O) groups is 2. The molecule has 3 rings (SSSR count). The van der Waals surface area contributed by atoms with Crippen molar-refractivity contribution in [1.29, 1.82) is 5.26 Å². The number of carbonyl (C=O) groups excluding carboxylic acids is 1. The summed E-state index contributed by atoms with van der Waals surface area (Å²) in [6, 6.07) is 8.91. The molecule has 1 aliphatic rings. The maximum atomic E-state index is 14.0. The third-order valence-electron chi connectivity index (χ3n) is 5.62. The third kappa shape index (κ3) is 5.21. The average Bonchev–Trinajstić information content (AvgIpc) is 2.78. The molecule has 0 spiro atoms. The fourth-order valence-corrected chi connectivity index (χ4v) is 3.81. The van der Waals surface area contributed by atoms with Gasteiger partial charge >= 0.3 is 5.97 Å². The molecule has 1 aromatic carbocycles. The van der Waals surface area contributed by atoms with E-state index in [0.717, 1.165) is 0 Å². The Morgan fingerprint density at radius 1 is 1.30 bits per heavy atom. The molecule has 0 bridgehead atoms. The maximum Gasteiger partial charge on any atom is 0.338 e. The van der Waals surface area contributed by atoms with E-state index in [9.17, 15) is 24.0 Å². The quantitative estimate of drug-likeness (QED) is 0.667. The number of amides is 1. The summed E-state index contributed by atoms with van der Waals surface area (Å²) >= 11 is 6.02. The number of pyridine rings is 1. The number of nitrogens with one attached hydrogen (secondary N) is 1. The lowest BCUT2D eigenvalue weighted by molar-refractivity contribution is -0.132. The van der Waals surface area contributed by atoms with E-state index in [-0.39, 0.29) is 18.0 Å². The van der Waals surface area contributed by atoms with Crippen molar-refractivity contribution >= 4 is 23.5 Å². The van der Waals surface area contributed by atoms with Crippen LogP contribution in [0.1, 0.15) is 25.5 Å². The van der Waals surface area contributed by atoms with E-state index >= 15 is 0 Å². The van der Waals surface area contributed by atoms with Gasteiger partial charge in [0.15, 0.2) is 0 Å². The molecular formula is C24H21ClFN3O4. The van der Waals surface area contributed by atoms with Crippen molar-refractivity contribution in [3.8, 4) is 17.2 Å². The topological polar surface area (TPSA) is 112 Å². The molecule has 1 heterocycles. The molecule has 3 unspecified atom stereocenters. The van der Waals surface area contributed by atoms with Gasteiger partial charge in [-0.15, -0.1) is 0 Å². The minimum Gasteiger partial charge on any atom is -0.478 e. The molecule has 0 aliphatic heterocycles. The van der Waals surface area contributed by atoms with E-state index in [1.807, 2.05) is 0 Å². The Hall–Kier alpha value is -3.70. The molecule has 1 aliphatic carbocycles. The van der Waals surface area contributed by atoms with Crippen LogP contribution in [0.15, 0.2) is 64.9 Å². The van der Waals surface area contributed by atoms with E-state index < -0.39 is 35.2 Å². The summed E-state index contributed by atoms with van der Waals surface area (Å²) in [5.74, 6) is -3.33. The van der Waals surface area contributed by atoms with Crippen molar-refractivity contribution in [3.63, 3.8) is 0 Å². The van der Waals surface area contributed by atoms with Crippen LogP contribution in [0.5, 0.6) is 0 Å². The standard InChI is InChI=1S/C24H21ClFN3O4/c1-13-7-20(24(32)33)21(26)8-17(13)12-28-23(31)14(2)29-6-5-15(9-22(29)30)19-10-18(25)4-3-16(19)11-27/h3-10,13-14,17H,12H2,1-2H3,(H,28,31)(H,32,33). The summed E-state index contributed by atoms with van der Waals surface area (Å²) in [6.45, 7) is 3.38. The van der Waals surface area contributed by atoms with Gasteiger partial charge in [0.25, 0.3) is 5.56 Å². The van der Waals surface area contributed by atoms with Gasteiger partial charge in [-0.2, -0.15) is 5.26 Å². The summed E-state index contributed by atoms with van der Waals surface area (Å²) < 4.78 is 15.3. The van der Waals surface area contributed by atoms with E-state index in [0.29, 0.717) is 21.7 Å². The first-order valence-corrected chi connectivity index (χ1v) is 10.5. The minimum atomic E-state index is -1.34. The molecule has 0 fully saturated rings. The molecule has 2 aromatic rings. The molecule has 3 atom stereocenters. The number of rotatable bonds is 6. The predicted molar refractivity (Wildman–Crippen MR) is 121 cm³/mol. The molecule has 33 heavy (non-hydrogen) atoms. The second-order valence-corrected chi connectivity index (χ2v) is 8.24. The van der Waals surface area contributed by atoms with Crippen molar-refractivity contribution in [1.82, 2.24) is 9.88 Å². The number of nitrogens with zero attached hydrogens (tertiary/aromatic N) is 2. The van der Waals surface area contributed by atoms with Crippen LogP contribution in [0.3, 0.4) is 0 Å². The number of halogens is 2. The van der Waals surface area contributed by atoms with Crippen LogP contribution in [0.2, 0.25) is 5.02 Å². The number of aromatic nitrogens is 1. The molecule has 0 saturated carbocycles. The zero-order valence-corrected chi connectivity index (χ0v) is 18.6. The van der Waals surface area contributed by atoms with Crippen LogP contribution in [0.25, 0.3) is 11.1 Å². The van der Waals surface area contributed by atoms with Gasteiger partial charge in [0.2, 0.25) is 5.91 Å². The Kier molecular flexibility index (Phi) is 7.14. The van der Waals surface area contributed by atoms with E-state index in [1.54, 1.807) is 38.1 Å². The largest absolute Gasteiger partial charge is 0.478 e. The Morgan fingerprint density at radius 2 is 2.03 bits per heavy atom. The highest BCUT2D eigenvalue weighted by molar-refractivity contribution is 6.30. The fraction of sp³-hybridized carbons (Fsp3) is 0.250. The van der Waals surface area contributed by atoms with E-state index in [1.165, 1.54) is 29.0 Å². The monoisotopic (exact) mass is 469 g/mol. The molecule has 1 amide bonds. The smallest absolute Gasteiger partial charge is 0.338 e. The van der Waals surface area contributed by atoms with Gasteiger partial charge in [0, 0.05) is 35.3 Å². The number of allylic oxidation sites excluding steroid dienone is 1. The number of nitriles is 1. The minimum absolute atomic E-state index is 0.0854. The Bertz CT molecular complexity index is 1280. The van der Waals surface area contributed by atoms with Crippen molar-refractivity contribution in [3.05, 3.63) is 81.0 Å². The lowest BCUT2D eigenvalue weighted by Crippen LogP contribution is -2.38. The second-order valence-electron chi connectivity index (χ2n) is 7.81. The SMILES string of the molecule is CC1C=C(C(=O)O)C(F)=CC1CNC(=O)C(C)n1ccc(-c2cc(Cl)ccc2C#N)cc1=O. The molecule has 0 saturated heterocycles. The van der Waals surface area contributed by atoms with Gasteiger partial charge in [-0.05, 0) is 48.7 Å². The van der Waals surface area contributed by atoms with Crippen LogP contribution < -0.4 is 10.9 Å². The lowest BCUT2D eigenvalue weighted by atomic mass is 9.86. The number of hydrogen-bond donors (Lipinski definition) is 2. The van der Waals surface area contributed by atoms with Gasteiger partial charge in [-0.1, -0.05) is 24.6 Å². The zero-order chi connectivity index (χ0) is 24.3. The number of carboxylic acids is 1. The normalized spacial score (nSPS) is 18.5. The predicted octanol–water partition coefficient (Wildman–Crippen LogP) is 3.85. The highest BCUT2D eigenvalue weighted by Gasteiger charge is 2.26. The van der Waals surface area contributed by atoms with Crippen LogP contribution in [-0.2, 0) is 9.59 Å². The highest BCUT2D eigenvalue weighted by Crippen LogP contribution is 2.29. The van der Waals surface area contributed by atoms with E-state index in [2.05, 4.69) is 11.4 Å². The van der Waals surface area contributed by atoms with Gasteiger partial charge in [-0.3, -0.25) is 9.59 Å². The van der Waals surface area contributed by atoms with Crippen LogP contribution in [0.4, 0.5) is 4.39 Å². The van der Waals surface area contributed by atoms with Crippen molar-refractivity contribution in [2.24, 2.45) is 11.8 Å². The molecular weight excluding hydrogens is 449 g/mol. The number of hydrogen-bond acceptors (Lipinski definition) is 4. The summed E-state index contributed by atoms with van der Waals surface area (Å²) in [4.78, 5) is 36.4. The van der Waals surface area contributed by atoms with Gasteiger partial charge in [-0.25, -0.2) is 9.18 Å². The van der Waals surface area contributed by atoms with Crippen molar-refractivity contribution < 1.29 is 19.1 Å². The first-order valence-electron chi connectivity index (χ1n) is 10.1. The second kappa shape index (κ2) is 9.84. The highest BCUT2D eigenvalue weighted by atomic mass is 35.5. The molecule has 9 heteroatoms. The molecule has 7 nitrogen and oxygen atoms in total. The third-order valence-corrected chi connectivity index (χ3v) is 5.86. The zero-order valence-electron chi connectivity index (χ0n) is 17.9. The van der Waals surface area contributed by atoms with E-state index in [4.69, 9.17) is 16.7 Å². The summed E-state index contributed by atoms with van der Waals surface area (Å²) in [5, 5.41) is 21.4. The van der Waals surface area contributed by atoms with Gasteiger partial charge in [0.1, 0.15) is 11.9 Å². The number of carboxylic acid groups (broad SMARTS) is 1. The molecule has 2 N–H and O–H groups in total. The van der Waals surface area contributed by atoms with Gasteiger partial charge in [0.05, 0.1) is 17.2 Å². The molecule has 0 radical (unpaired) electrons. The molecule has 1 aromatic heterocycles. The fourth-order valence-electron chi connectivity index (χ4n) is 3.64. The van der Waals surface area contributed by atoms with Crippen LogP contribution in [-0.4, -0.2) is 28.1 Å². The summed E-state index contributed by atoms with van der Waals surface area (Å²) in [6.07, 6.45) is 3.99. The summed E-state index contributed by atoms with van der Waals surface area (Å²) in [7, 11) is 0. The van der Waals surface area contributed by atoms with Crippen LogP contribution >= 0.6 is 11.6 Å². The van der Waals surface area contributed by atoms with Crippen molar-refractivity contribution in [2.45, 2.75) is 19.9 Å². The first kappa shape index (κ1) is 24.0. The van der Waals surface area contributed by atoms with Crippen molar-refractivity contribution in [2.75, 3.05) is 6.54 Å². The molecule has 170 valence electrons. The number of benzene rings is 1. The summed E-state index contributed by atoms with van der Waals surface area (Å²) in [5.41, 5.74) is 0.555. The lowest BCUT2D eigenvalue weighted by Gasteiger charge is -2.24. The Labute approximate surface area is 194 Å². The average molecular weight is 470 g/mol. The van der Waals surface area contributed by atoms with Crippen LogP contribution in [0, 0.1) is 23.2 Å². The maximum absolute atomic E-state index is 14.0. The van der Waals surface area contributed by atoms with Gasteiger partial charge < -0.3 is 15.0 Å². The Balaban J connectivity index is 1.73. The number of aliphatic carboxylic acids is 1. The Morgan fingerprint density at radius 3 is 2.67 bits per heavy atom. The first-order chi connectivity index (χ1) is 15.6.